The highest BCUT2D eigenvalue weighted by Crippen LogP contribution is 2.25. The van der Waals surface area contributed by atoms with E-state index in [1.165, 1.54) is 0 Å². The Morgan fingerprint density at radius 3 is 2.68 bits per heavy atom. The summed E-state index contributed by atoms with van der Waals surface area (Å²) in [6, 6.07) is 1.60. The number of hydrogen-bond donors (Lipinski definition) is 1. The predicted molar refractivity (Wildman–Crippen MR) is 73.9 cm³/mol. The Bertz CT molecular complexity index is 548. The predicted octanol–water partition coefficient (Wildman–Crippen LogP) is 1.27. The number of hydrogen-bond acceptors (Lipinski definition) is 3. The van der Waals surface area contributed by atoms with Crippen LogP contribution in [0.1, 0.15) is 30.9 Å². The number of fused-ring (bicyclic) bond motifs is 1. The zero-order valence-electron chi connectivity index (χ0n) is 11.5. The largest absolute Gasteiger partial charge is 0.481 e. The fourth-order valence-corrected chi connectivity index (χ4v) is 2.76. The number of aromatic nitrogens is 1. The molecule has 1 aliphatic heterocycles. The Morgan fingerprint density at radius 2 is 2.05 bits per heavy atom. The van der Waals surface area contributed by atoms with E-state index in [-0.39, 0.29) is 12.0 Å². The van der Waals surface area contributed by atoms with Crippen LogP contribution in [0.25, 0.3) is 0 Å². The zero-order valence-corrected chi connectivity index (χ0v) is 11.5. The standard InChI is InChI=1S/C14H20N2O3/c1-3-10-8-12(17)16-7-5-4-6-15(2)14(16)11(10)9-13(18)19/h8H,3-7,9H2,1-2H3,(H,18,19). The van der Waals surface area contributed by atoms with Gasteiger partial charge in [-0.3, -0.25) is 14.2 Å². The molecule has 5 nitrogen and oxygen atoms in total. The van der Waals surface area contributed by atoms with E-state index in [9.17, 15) is 9.59 Å². The fourth-order valence-electron chi connectivity index (χ4n) is 2.76. The molecule has 1 aromatic rings. The van der Waals surface area contributed by atoms with Gasteiger partial charge in [-0.1, -0.05) is 6.92 Å². The minimum Gasteiger partial charge on any atom is -0.481 e. The van der Waals surface area contributed by atoms with Gasteiger partial charge >= 0.3 is 5.97 Å². The van der Waals surface area contributed by atoms with Crippen LogP contribution in [0.3, 0.4) is 0 Å². The highest BCUT2D eigenvalue weighted by molar-refractivity contribution is 5.73. The van der Waals surface area contributed by atoms with Crippen molar-refractivity contribution in [1.29, 1.82) is 0 Å². The highest BCUT2D eigenvalue weighted by Gasteiger charge is 2.21. The number of rotatable bonds is 3. The molecule has 0 aromatic carbocycles. The van der Waals surface area contributed by atoms with Crippen LogP contribution in [0.2, 0.25) is 0 Å². The molecule has 0 aliphatic carbocycles. The molecule has 0 bridgehead atoms. The van der Waals surface area contributed by atoms with E-state index < -0.39 is 5.97 Å². The molecule has 1 N–H and O–H groups in total. The van der Waals surface area contributed by atoms with Gasteiger partial charge < -0.3 is 10.0 Å². The van der Waals surface area contributed by atoms with Crippen LogP contribution in [0, 0.1) is 0 Å². The molecule has 1 aromatic heterocycles. The van der Waals surface area contributed by atoms with Gasteiger partial charge in [-0.2, -0.15) is 0 Å². The summed E-state index contributed by atoms with van der Waals surface area (Å²) in [5, 5.41) is 9.11. The van der Waals surface area contributed by atoms with Gasteiger partial charge in [0, 0.05) is 31.8 Å². The number of pyridine rings is 1. The molecule has 2 heterocycles. The molecule has 0 saturated carbocycles. The van der Waals surface area contributed by atoms with Gasteiger partial charge in [-0.15, -0.1) is 0 Å². The Balaban J connectivity index is 2.68. The average Bonchev–Trinajstić information content (AvgIpc) is 2.54. The van der Waals surface area contributed by atoms with Crippen molar-refractivity contribution in [3.63, 3.8) is 0 Å². The molecule has 1 aliphatic rings. The maximum Gasteiger partial charge on any atom is 0.307 e. The third-order valence-corrected chi connectivity index (χ3v) is 3.67. The van der Waals surface area contributed by atoms with Gasteiger partial charge in [0.05, 0.1) is 6.42 Å². The first-order chi connectivity index (χ1) is 9.04. The molecule has 0 atom stereocenters. The van der Waals surface area contributed by atoms with Gasteiger partial charge in [0.25, 0.3) is 5.56 Å². The third kappa shape index (κ3) is 2.64. The monoisotopic (exact) mass is 264 g/mol. The highest BCUT2D eigenvalue weighted by atomic mass is 16.4. The normalized spacial score (nSPS) is 14.9. The van der Waals surface area contributed by atoms with E-state index in [4.69, 9.17) is 5.11 Å². The lowest BCUT2D eigenvalue weighted by Gasteiger charge is -2.24. The molecular formula is C14H20N2O3. The van der Waals surface area contributed by atoms with Crippen LogP contribution in [0.5, 0.6) is 0 Å². The van der Waals surface area contributed by atoms with Gasteiger partial charge in [0.1, 0.15) is 5.82 Å². The van der Waals surface area contributed by atoms with Gasteiger partial charge in [-0.25, -0.2) is 0 Å². The minimum absolute atomic E-state index is 0.0188. The van der Waals surface area contributed by atoms with E-state index in [0.717, 1.165) is 36.3 Å². The lowest BCUT2D eigenvalue weighted by Crippen LogP contribution is -2.30. The van der Waals surface area contributed by atoms with Crippen molar-refractivity contribution in [1.82, 2.24) is 4.57 Å². The molecule has 19 heavy (non-hydrogen) atoms. The fraction of sp³-hybridized carbons (Fsp3) is 0.571. The first-order valence-corrected chi connectivity index (χ1v) is 6.73. The first-order valence-electron chi connectivity index (χ1n) is 6.73. The SMILES string of the molecule is CCc1cc(=O)n2c(c1CC(=O)O)N(C)CCCC2. The molecule has 0 unspecified atom stereocenters. The number of nitrogens with zero attached hydrogens (tertiary/aromatic N) is 2. The van der Waals surface area contributed by atoms with Crippen LogP contribution < -0.4 is 10.5 Å². The van der Waals surface area contributed by atoms with Crippen LogP contribution in [-0.4, -0.2) is 29.2 Å². The third-order valence-electron chi connectivity index (χ3n) is 3.67. The molecule has 0 saturated heterocycles. The molecule has 0 amide bonds. The second kappa shape index (κ2) is 5.47. The number of aliphatic carboxylic acids is 1. The second-order valence-electron chi connectivity index (χ2n) is 5.01. The van der Waals surface area contributed by atoms with Crippen LogP contribution >= 0.6 is 0 Å². The topological polar surface area (TPSA) is 62.5 Å². The summed E-state index contributed by atoms with van der Waals surface area (Å²) < 4.78 is 1.73. The summed E-state index contributed by atoms with van der Waals surface area (Å²) in [5.41, 5.74) is 1.63. The molecule has 0 radical (unpaired) electrons. The number of carboxylic acid groups (broad SMARTS) is 1. The molecule has 5 heteroatoms. The number of aryl methyl sites for hydroxylation is 1. The quantitative estimate of drug-likeness (QED) is 0.893. The van der Waals surface area contributed by atoms with Crippen molar-refractivity contribution in [2.24, 2.45) is 0 Å². The van der Waals surface area contributed by atoms with Gasteiger partial charge in [-0.05, 0) is 24.8 Å². The van der Waals surface area contributed by atoms with E-state index in [2.05, 4.69) is 0 Å². The molecule has 0 spiro atoms. The van der Waals surface area contributed by atoms with E-state index in [0.29, 0.717) is 13.0 Å². The lowest BCUT2D eigenvalue weighted by molar-refractivity contribution is -0.136. The average molecular weight is 264 g/mol. The Kier molecular flexibility index (Phi) is 3.93. The summed E-state index contributed by atoms with van der Waals surface area (Å²) in [5.74, 6) is -0.0574. The number of anilines is 1. The maximum atomic E-state index is 12.2. The number of carbonyl (C=O) groups is 1. The lowest BCUT2D eigenvalue weighted by atomic mass is 10.0. The Morgan fingerprint density at radius 1 is 1.37 bits per heavy atom. The zero-order chi connectivity index (χ0) is 14.0. The molecule has 104 valence electrons. The maximum absolute atomic E-state index is 12.2. The van der Waals surface area contributed by atoms with Crippen molar-refractivity contribution in [2.75, 3.05) is 18.5 Å². The molecule has 2 rings (SSSR count). The van der Waals surface area contributed by atoms with Crippen molar-refractivity contribution in [3.05, 3.63) is 27.5 Å². The van der Waals surface area contributed by atoms with Crippen molar-refractivity contribution < 1.29 is 9.90 Å². The molecular weight excluding hydrogens is 244 g/mol. The number of carboxylic acids is 1. The minimum atomic E-state index is -0.853. The first kappa shape index (κ1) is 13.6. The van der Waals surface area contributed by atoms with Gasteiger partial charge in [0.2, 0.25) is 0 Å². The molecule has 0 fully saturated rings. The van der Waals surface area contributed by atoms with Gasteiger partial charge in [0.15, 0.2) is 0 Å². The van der Waals surface area contributed by atoms with Crippen LogP contribution in [0.4, 0.5) is 5.82 Å². The summed E-state index contributed by atoms with van der Waals surface area (Å²) in [4.78, 5) is 25.3. The van der Waals surface area contributed by atoms with E-state index >= 15 is 0 Å². The Labute approximate surface area is 112 Å². The van der Waals surface area contributed by atoms with Crippen molar-refractivity contribution in [2.45, 2.75) is 39.2 Å². The van der Waals surface area contributed by atoms with E-state index in [1.807, 2.05) is 18.9 Å². The summed E-state index contributed by atoms with van der Waals surface area (Å²) in [7, 11) is 1.93. The summed E-state index contributed by atoms with van der Waals surface area (Å²) in [6.45, 7) is 3.49. The van der Waals surface area contributed by atoms with Crippen LogP contribution in [-0.2, 0) is 24.2 Å². The van der Waals surface area contributed by atoms with Crippen molar-refractivity contribution in [3.8, 4) is 0 Å². The second-order valence-corrected chi connectivity index (χ2v) is 5.01. The smallest absolute Gasteiger partial charge is 0.307 e. The van der Waals surface area contributed by atoms with Crippen molar-refractivity contribution >= 4 is 11.8 Å². The van der Waals surface area contributed by atoms with E-state index in [1.54, 1.807) is 10.6 Å². The summed E-state index contributed by atoms with van der Waals surface area (Å²) in [6.07, 6.45) is 2.63. The van der Waals surface area contributed by atoms with Crippen LogP contribution in [0.15, 0.2) is 10.9 Å². The Hall–Kier alpha value is -1.78. The summed E-state index contributed by atoms with van der Waals surface area (Å²) >= 11 is 0.